The van der Waals surface area contributed by atoms with Crippen molar-refractivity contribution >= 4 is 0 Å². The Bertz CT molecular complexity index is 1550. The van der Waals surface area contributed by atoms with Crippen molar-refractivity contribution in [1.82, 2.24) is 0 Å². The summed E-state index contributed by atoms with van der Waals surface area (Å²) >= 11 is 0. The maximum absolute atomic E-state index is 9.17. The number of ether oxygens (including phenoxy) is 12. The predicted octanol–water partition coefficient (Wildman–Crippen LogP) is 6.15. The molecule has 0 spiro atoms. The van der Waals surface area contributed by atoms with Gasteiger partial charge in [0.1, 0.15) is 69.0 Å². The van der Waals surface area contributed by atoms with Gasteiger partial charge in [-0.2, -0.15) is 0 Å². The Labute approximate surface area is 315 Å². The molecule has 54 heavy (non-hydrogen) atoms. The van der Waals surface area contributed by atoms with E-state index in [9.17, 15) is 10.2 Å². The third-order valence-electron chi connectivity index (χ3n) is 6.64. The minimum Gasteiger partial charge on any atom is -0.508 e. The molecule has 0 atom stereocenters. The van der Waals surface area contributed by atoms with E-state index in [1.165, 1.54) is 44.6 Å². The van der Waals surface area contributed by atoms with E-state index in [-0.39, 0.29) is 50.2 Å². The first-order valence-corrected chi connectivity index (χ1v) is 15.9. The van der Waals surface area contributed by atoms with E-state index in [1.54, 1.807) is 79.9 Å². The Balaban J connectivity index is 0.000000368. The lowest BCUT2D eigenvalue weighted by molar-refractivity contribution is 0.0447. The van der Waals surface area contributed by atoms with Crippen LogP contribution in [-0.2, 0) is 18.9 Å². The number of rotatable bonds is 16. The summed E-state index contributed by atoms with van der Waals surface area (Å²) in [6.07, 6.45) is 0. The Morgan fingerprint density at radius 2 is 0.667 bits per heavy atom. The molecule has 0 unspecified atom stereocenters. The Hall–Kier alpha value is -5.68. The monoisotopic (exact) mass is 764 g/mol. The Kier molecular flexibility index (Phi) is 22.4. The van der Waals surface area contributed by atoms with E-state index < -0.39 is 0 Å². The van der Waals surface area contributed by atoms with E-state index in [2.05, 4.69) is 0 Å². The first-order chi connectivity index (χ1) is 25.9. The van der Waals surface area contributed by atoms with Crippen molar-refractivity contribution in [3.63, 3.8) is 0 Å². The number of methoxy groups -OCH3 is 8. The molecule has 0 aliphatic rings. The molecule has 0 heterocycles. The third-order valence-corrected chi connectivity index (χ3v) is 6.64. The lowest BCUT2D eigenvalue weighted by Gasteiger charge is -2.14. The third kappa shape index (κ3) is 17.2. The molecule has 0 bridgehead atoms. The Morgan fingerprint density at radius 3 is 1.04 bits per heavy atom. The van der Waals surface area contributed by atoms with Crippen molar-refractivity contribution in [3.05, 3.63) is 71.8 Å². The van der Waals surface area contributed by atoms with Gasteiger partial charge >= 0.3 is 0 Å². The summed E-state index contributed by atoms with van der Waals surface area (Å²) in [7, 11) is 12.4. The zero-order valence-electron chi connectivity index (χ0n) is 32.3. The summed E-state index contributed by atoms with van der Waals surface area (Å²) in [4.78, 5) is 0. The van der Waals surface area contributed by atoms with Crippen LogP contribution in [0.4, 0.5) is 0 Å². The second-order valence-corrected chi connectivity index (χ2v) is 10.5. The average Bonchev–Trinajstić information content (AvgIpc) is 3.17. The molecule has 0 saturated heterocycles. The Morgan fingerprint density at radius 1 is 0.352 bits per heavy atom. The molecule has 4 rings (SSSR count). The van der Waals surface area contributed by atoms with Crippen LogP contribution >= 0.6 is 0 Å². The second kappa shape index (κ2) is 26.1. The SMILES string of the molecule is COCOc1cc(OC)cc(OCOC)c1.COCOc1cc(OC)cc(OCOC)c1C.COc1cc(O)c(C)c(O)c1.COc1cc(O)cc(O)c1. The fourth-order valence-corrected chi connectivity index (χ4v) is 3.85. The van der Waals surface area contributed by atoms with Crippen LogP contribution in [0.15, 0.2) is 60.7 Å². The normalized spacial score (nSPS) is 9.81. The highest BCUT2D eigenvalue weighted by molar-refractivity contribution is 5.50. The number of phenols is 4. The molecule has 0 fully saturated rings. The molecule has 4 N–H and O–H groups in total. The van der Waals surface area contributed by atoms with E-state index >= 15 is 0 Å². The molecule has 0 amide bonds. The quantitative estimate of drug-likeness (QED) is 0.0949. The van der Waals surface area contributed by atoms with Crippen LogP contribution in [0.5, 0.6) is 69.0 Å². The summed E-state index contributed by atoms with van der Waals surface area (Å²) in [5.74, 6) is 4.85. The second-order valence-electron chi connectivity index (χ2n) is 10.5. The van der Waals surface area contributed by atoms with Crippen molar-refractivity contribution in [3.8, 4) is 69.0 Å². The smallest absolute Gasteiger partial charge is 0.188 e. The van der Waals surface area contributed by atoms with Crippen LogP contribution in [0.25, 0.3) is 0 Å². The largest absolute Gasteiger partial charge is 0.508 e. The fraction of sp³-hybridized carbons (Fsp3) is 0.368. The first-order valence-electron chi connectivity index (χ1n) is 15.9. The first kappa shape index (κ1) is 46.3. The van der Waals surface area contributed by atoms with Gasteiger partial charge in [0.25, 0.3) is 0 Å². The van der Waals surface area contributed by atoms with Crippen LogP contribution in [0.3, 0.4) is 0 Å². The summed E-state index contributed by atoms with van der Waals surface area (Å²) in [5.41, 5.74) is 1.34. The highest BCUT2D eigenvalue weighted by Gasteiger charge is 2.10. The number of phenolic OH excluding ortho intramolecular Hbond substituents is 4. The van der Waals surface area contributed by atoms with Crippen molar-refractivity contribution in [2.24, 2.45) is 0 Å². The zero-order chi connectivity index (χ0) is 40.5. The molecule has 16 heteroatoms. The highest BCUT2D eigenvalue weighted by Crippen LogP contribution is 2.34. The lowest BCUT2D eigenvalue weighted by Crippen LogP contribution is -2.04. The molecule has 0 radical (unpaired) electrons. The van der Waals surface area contributed by atoms with Gasteiger partial charge in [0, 0.05) is 100 Å². The zero-order valence-corrected chi connectivity index (χ0v) is 32.3. The number of hydrogen-bond donors (Lipinski definition) is 4. The fourth-order valence-electron chi connectivity index (χ4n) is 3.85. The number of aromatic hydroxyl groups is 4. The topological polar surface area (TPSA) is 192 Å². The number of benzene rings is 4. The van der Waals surface area contributed by atoms with Gasteiger partial charge in [0.15, 0.2) is 27.2 Å². The van der Waals surface area contributed by atoms with Crippen LogP contribution in [0.2, 0.25) is 0 Å². The van der Waals surface area contributed by atoms with Gasteiger partial charge in [-0.05, 0) is 13.8 Å². The maximum atomic E-state index is 9.17. The van der Waals surface area contributed by atoms with Gasteiger partial charge in [0.05, 0.1) is 28.4 Å². The van der Waals surface area contributed by atoms with Gasteiger partial charge < -0.3 is 77.3 Å². The van der Waals surface area contributed by atoms with Crippen molar-refractivity contribution in [1.29, 1.82) is 0 Å². The van der Waals surface area contributed by atoms with Crippen molar-refractivity contribution in [2.45, 2.75) is 13.8 Å². The van der Waals surface area contributed by atoms with Gasteiger partial charge in [-0.1, -0.05) is 0 Å². The van der Waals surface area contributed by atoms with E-state index in [4.69, 9.17) is 67.1 Å². The molecule has 4 aromatic carbocycles. The van der Waals surface area contributed by atoms with Crippen LogP contribution in [0.1, 0.15) is 11.1 Å². The van der Waals surface area contributed by atoms with Crippen LogP contribution < -0.4 is 37.9 Å². The van der Waals surface area contributed by atoms with Gasteiger partial charge in [-0.15, -0.1) is 0 Å². The van der Waals surface area contributed by atoms with E-state index in [0.29, 0.717) is 51.6 Å². The van der Waals surface area contributed by atoms with Crippen molar-refractivity contribution in [2.75, 3.05) is 84.1 Å². The molecule has 300 valence electrons. The van der Waals surface area contributed by atoms with Gasteiger partial charge in [0.2, 0.25) is 0 Å². The summed E-state index contributed by atoms with van der Waals surface area (Å²) in [6.45, 7) is 4.24. The molecular formula is C38H52O16. The predicted molar refractivity (Wildman–Crippen MR) is 198 cm³/mol. The standard InChI is InChI=1S/C12H18O5.C11H16O5.C8H10O3.C7H8O3/c1-9-11(16-7-13-2)5-10(15-4)6-12(9)17-8-14-3;1-12-7-15-10-4-9(14-3)5-11(6-10)16-8-13-2;1-5-7(9)3-6(11-2)4-8(5)10;1-10-7-3-5(8)2-6(9)4-7/h5-6H,7-8H2,1-4H3;4-6H,7-8H2,1-3H3;3-4,9-10H,1-2H3;2-4,8-9H,1H3. The van der Waals surface area contributed by atoms with Crippen LogP contribution in [0, 0.1) is 13.8 Å². The van der Waals surface area contributed by atoms with E-state index in [1.807, 2.05) is 6.92 Å². The van der Waals surface area contributed by atoms with Gasteiger partial charge in [-0.25, -0.2) is 0 Å². The molecular weight excluding hydrogens is 712 g/mol. The summed E-state index contributed by atoms with van der Waals surface area (Å²) in [6, 6.07) is 15.8. The summed E-state index contributed by atoms with van der Waals surface area (Å²) in [5, 5.41) is 36.1. The molecule has 0 aliphatic carbocycles. The number of hydrogen-bond acceptors (Lipinski definition) is 16. The molecule has 0 aliphatic heterocycles. The highest BCUT2D eigenvalue weighted by atomic mass is 16.7. The molecule has 0 aromatic heterocycles. The van der Waals surface area contributed by atoms with Gasteiger partial charge in [-0.3, -0.25) is 0 Å². The summed E-state index contributed by atoms with van der Waals surface area (Å²) < 4.78 is 60.6. The minimum absolute atomic E-state index is 0.00292. The maximum Gasteiger partial charge on any atom is 0.188 e. The van der Waals surface area contributed by atoms with Crippen LogP contribution in [-0.4, -0.2) is 104 Å². The minimum atomic E-state index is -0.00292. The molecule has 16 nitrogen and oxygen atoms in total. The molecule has 0 saturated carbocycles. The van der Waals surface area contributed by atoms with E-state index in [0.717, 1.165) is 5.56 Å². The van der Waals surface area contributed by atoms with Crippen molar-refractivity contribution < 1.29 is 77.3 Å². The average molecular weight is 765 g/mol. The molecule has 4 aromatic rings. The lowest BCUT2D eigenvalue weighted by atomic mass is 10.2.